The number of hydrogen-bond donors (Lipinski definition) is 2. The summed E-state index contributed by atoms with van der Waals surface area (Å²) in [4.78, 5) is 11.8. The van der Waals surface area contributed by atoms with Crippen LogP contribution in [0.25, 0.3) is 11.6 Å². The molecule has 0 aliphatic rings. The molecule has 100 valence electrons. The number of amides is 1. The molecule has 20 heavy (non-hydrogen) atoms. The van der Waals surface area contributed by atoms with Gasteiger partial charge in [-0.3, -0.25) is 10.2 Å². The summed E-state index contributed by atoms with van der Waals surface area (Å²) in [5.41, 5.74) is 4.60. The molecule has 0 aliphatic carbocycles. The highest BCUT2D eigenvalue weighted by atomic mass is 16.2. The molecule has 0 unspecified atom stereocenters. The smallest absolute Gasteiger partial charge is 0.265 e. The standard InChI is InChI=1S/C17H16N2O/c18-19-17(20)16(15-11-5-2-6-12-15)13-7-10-14-8-3-1-4-9-14/h1-13H,18H2,(H,19,20). The number of nitrogens with two attached hydrogens (primary N) is 1. The summed E-state index contributed by atoms with van der Waals surface area (Å²) in [5.74, 6) is 4.92. The topological polar surface area (TPSA) is 55.1 Å². The van der Waals surface area contributed by atoms with Crippen LogP contribution in [-0.4, -0.2) is 5.91 Å². The molecule has 2 rings (SSSR count). The fraction of sp³-hybridized carbons (Fsp3) is 0. The van der Waals surface area contributed by atoms with E-state index in [1.165, 1.54) is 0 Å². The van der Waals surface area contributed by atoms with Gasteiger partial charge in [0.05, 0.1) is 0 Å². The van der Waals surface area contributed by atoms with E-state index in [4.69, 9.17) is 5.84 Å². The molecule has 0 saturated heterocycles. The molecule has 3 nitrogen and oxygen atoms in total. The summed E-state index contributed by atoms with van der Waals surface area (Å²) in [7, 11) is 0. The Kier molecular flexibility index (Phi) is 4.87. The number of allylic oxidation sites excluding steroid dienone is 2. The van der Waals surface area contributed by atoms with Gasteiger partial charge in [0.15, 0.2) is 0 Å². The summed E-state index contributed by atoms with van der Waals surface area (Å²) >= 11 is 0. The van der Waals surface area contributed by atoms with Crippen molar-refractivity contribution in [2.24, 2.45) is 5.84 Å². The molecule has 3 N–H and O–H groups in total. The molecule has 0 spiro atoms. The molecule has 0 aliphatic heterocycles. The number of nitrogens with one attached hydrogen (secondary N) is 1. The first kappa shape index (κ1) is 13.8. The zero-order valence-electron chi connectivity index (χ0n) is 11.0. The Morgan fingerprint density at radius 2 is 1.55 bits per heavy atom. The molecular formula is C17H16N2O. The van der Waals surface area contributed by atoms with E-state index in [-0.39, 0.29) is 5.91 Å². The SMILES string of the molecule is NNC(=O)C(=CC=Cc1ccccc1)c1ccccc1. The van der Waals surface area contributed by atoms with Crippen molar-refractivity contribution < 1.29 is 4.79 Å². The predicted molar refractivity (Wildman–Crippen MR) is 82.2 cm³/mol. The van der Waals surface area contributed by atoms with Crippen LogP contribution in [0.2, 0.25) is 0 Å². The third-order valence-electron chi connectivity index (χ3n) is 2.81. The van der Waals surface area contributed by atoms with Gasteiger partial charge >= 0.3 is 0 Å². The van der Waals surface area contributed by atoms with Gasteiger partial charge in [0.1, 0.15) is 0 Å². The van der Waals surface area contributed by atoms with Crippen molar-refractivity contribution in [3.8, 4) is 0 Å². The Labute approximate surface area is 118 Å². The van der Waals surface area contributed by atoms with Gasteiger partial charge in [-0.25, -0.2) is 5.84 Å². The second-order valence-corrected chi connectivity index (χ2v) is 4.19. The van der Waals surface area contributed by atoms with Crippen LogP contribution in [0.15, 0.2) is 72.8 Å². The lowest BCUT2D eigenvalue weighted by atomic mass is 10.0. The first-order valence-electron chi connectivity index (χ1n) is 6.31. The molecule has 0 fully saturated rings. The van der Waals surface area contributed by atoms with E-state index in [0.29, 0.717) is 5.57 Å². The number of carbonyl (C=O) groups is 1. The van der Waals surface area contributed by atoms with Gasteiger partial charge in [-0.15, -0.1) is 0 Å². The van der Waals surface area contributed by atoms with E-state index in [1.54, 1.807) is 6.08 Å². The van der Waals surface area contributed by atoms with Crippen LogP contribution in [0.5, 0.6) is 0 Å². The fourth-order valence-electron chi connectivity index (χ4n) is 1.82. The minimum absolute atomic E-state index is 0.311. The van der Waals surface area contributed by atoms with Crippen molar-refractivity contribution in [1.29, 1.82) is 0 Å². The number of rotatable bonds is 4. The second-order valence-electron chi connectivity index (χ2n) is 4.19. The average molecular weight is 264 g/mol. The van der Waals surface area contributed by atoms with Gasteiger partial charge in [-0.1, -0.05) is 72.8 Å². The molecule has 3 heteroatoms. The third kappa shape index (κ3) is 3.67. The minimum Gasteiger partial charge on any atom is -0.290 e. The highest BCUT2D eigenvalue weighted by Gasteiger charge is 2.08. The summed E-state index contributed by atoms with van der Waals surface area (Å²) in [5, 5.41) is 0. The molecule has 1 amide bonds. The van der Waals surface area contributed by atoms with Crippen LogP contribution < -0.4 is 11.3 Å². The second kappa shape index (κ2) is 7.07. The molecule has 0 bridgehead atoms. The summed E-state index contributed by atoms with van der Waals surface area (Å²) < 4.78 is 0. The van der Waals surface area contributed by atoms with Crippen LogP contribution in [0.4, 0.5) is 0 Å². The number of carbonyl (C=O) groups excluding carboxylic acids is 1. The lowest BCUT2D eigenvalue weighted by Gasteiger charge is -2.04. The van der Waals surface area contributed by atoms with Crippen LogP contribution in [0.1, 0.15) is 11.1 Å². The van der Waals surface area contributed by atoms with Crippen molar-refractivity contribution in [3.63, 3.8) is 0 Å². The van der Waals surface area contributed by atoms with E-state index >= 15 is 0 Å². The molecule has 2 aromatic carbocycles. The third-order valence-corrected chi connectivity index (χ3v) is 2.81. The van der Waals surface area contributed by atoms with Crippen LogP contribution in [-0.2, 0) is 4.79 Å². The van der Waals surface area contributed by atoms with Crippen molar-refractivity contribution in [1.82, 2.24) is 5.43 Å². The Morgan fingerprint density at radius 3 is 2.15 bits per heavy atom. The Bertz CT molecular complexity index is 616. The first-order chi connectivity index (χ1) is 9.81. The van der Waals surface area contributed by atoms with Crippen LogP contribution >= 0.6 is 0 Å². The molecule has 0 atom stereocenters. The van der Waals surface area contributed by atoms with E-state index in [1.807, 2.05) is 72.8 Å². The maximum absolute atomic E-state index is 11.8. The van der Waals surface area contributed by atoms with Crippen LogP contribution in [0.3, 0.4) is 0 Å². The van der Waals surface area contributed by atoms with Gasteiger partial charge in [0, 0.05) is 5.57 Å². The number of benzene rings is 2. The van der Waals surface area contributed by atoms with Crippen molar-refractivity contribution in [2.75, 3.05) is 0 Å². The van der Waals surface area contributed by atoms with Gasteiger partial charge < -0.3 is 0 Å². The maximum atomic E-state index is 11.8. The van der Waals surface area contributed by atoms with Gasteiger partial charge in [0.25, 0.3) is 5.91 Å². The van der Waals surface area contributed by atoms with Crippen molar-refractivity contribution in [3.05, 3.63) is 83.9 Å². The van der Waals surface area contributed by atoms with Gasteiger partial charge in [-0.05, 0) is 17.2 Å². The maximum Gasteiger partial charge on any atom is 0.265 e. The Balaban J connectivity index is 2.26. The lowest BCUT2D eigenvalue weighted by Crippen LogP contribution is -2.30. The average Bonchev–Trinajstić information content (AvgIpc) is 2.53. The summed E-state index contributed by atoms with van der Waals surface area (Å²) in [6.07, 6.45) is 5.53. The van der Waals surface area contributed by atoms with E-state index in [9.17, 15) is 4.79 Å². The van der Waals surface area contributed by atoms with E-state index < -0.39 is 0 Å². The minimum atomic E-state index is -0.311. The van der Waals surface area contributed by atoms with Crippen molar-refractivity contribution >= 4 is 17.6 Å². The highest BCUT2D eigenvalue weighted by Crippen LogP contribution is 2.14. The highest BCUT2D eigenvalue weighted by molar-refractivity contribution is 6.19. The first-order valence-corrected chi connectivity index (χ1v) is 6.31. The fourth-order valence-corrected chi connectivity index (χ4v) is 1.82. The van der Waals surface area contributed by atoms with Gasteiger partial charge in [0.2, 0.25) is 0 Å². The quantitative estimate of drug-likeness (QED) is 0.293. The van der Waals surface area contributed by atoms with Crippen LogP contribution in [0, 0.1) is 0 Å². The van der Waals surface area contributed by atoms with Crippen molar-refractivity contribution in [2.45, 2.75) is 0 Å². The Hall–Kier alpha value is -2.65. The molecule has 0 saturated carbocycles. The molecule has 2 aromatic rings. The Morgan fingerprint density at radius 1 is 0.950 bits per heavy atom. The van der Waals surface area contributed by atoms with Gasteiger partial charge in [-0.2, -0.15) is 0 Å². The number of hydrogen-bond acceptors (Lipinski definition) is 2. The van der Waals surface area contributed by atoms with E-state index in [0.717, 1.165) is 11.1 Å². The zero-order valence-corrected chi connectivity index (χ0v) is 11.0. The summed E-state index contributed by atoms with van der Waals surface area (Å²) in [6.45, 7) is 0. The monoisotopic (exact) mass is 264 g/mol. The molecule has 0 aromatic heterocycles. The van der Waals surface area contributed by atoms with E-state index in [2.05, 4.69) is 5.43 Å². The predicted octanol–water partition coefficient (Wildman–Crippen LogP) is 2.77. The largest absolute Gasteiger partial charge is 0.290 e. The molecular weight excluding hydrogens is 248 g/mol. The molecule has 0 radical (unpaired) electrons. The summed E-state index contributed by atoms with van der Waals surface area (Å²) in [6, 6.07) is 19.3. The zero-order chi connectivity index (χ0) is 14.2. The lowest BCUT2D eigenvalue weighted by molar-refractivity contribution is -0.115. The number of hydrazine groups is 1. The molecule has 0 heterocycles. The normalized spacial score (nSPS) is 11.6.